The first-order valence-corrected chi connectivity index (χ1v) is 7.93. The highest BCUT2D eigenvalue weighted by molar-refractivity contribution is 6.03. The van der Waals surface area contributed by atoms with Crippen molar-refractivity contribution in [2.24, 2.45) is 0 Å². The van der Waals surface area contributed by atoms with Crippen molar-refractivity contribution in [3.63, 3.8) is 0 Å². The Morgan fingerprint density at radius 1 is 1.04 bits per heavy atom. The normalized spacial score (nSPS) is 10.5. The molecule has 5 heteroatoms. The first-order chi connectivity index (χ1) is 12.1. The second-order valence-electron chi connectivity index (χ2n) is 5.75. The van der Waals surface area contributed by atoms with Gasteiger partial charge in [-0.3, -0.25) is 4.79 Å². The molecule has 5 nitrogen and oxygen atoms in total. The summed E-state index contributed by atoms with van der Waals surface area (Å²) in [6, 6.07) is 14.9. The predicted molar refractivity (Wildman–Crippen MR) is 96.6 cm³/mol. The number of amides is 1. The quantitative estimate of drug-likeness (QED) is 0.740. The van der Waals surface area contributed by atoms with Gasteiger partial charge in [-0.2, -0.15) is 0 Å². The van der Waals surface area contributed by atoms with Gasteiger partial charge in [-0.15, -0.1) is 0 Å². The first-order valence-electron chi connectivity index (χ1n) is 7.93. The number of esters is 1. The molecule has 1 heterocycles. The molecular formula is C20H18N2O3. The van der Waals surface area contributed by atoms with Gasteiger partial charge in [0.25, 0.3) is 5.91 Å². The third-order valence-electron chi connectivity index (χ3n) is 4.08. The number of aryl methyl sites for hydroxylation is 1. The summed E-state index contributed by atoms with van der Waals surface area (Å²) in [6.45, 7) is 3.53. The molecule has 3 aromatic rings. The van der Waals surface area contributed by atoms with Crippen LogP contribution in [0.15, 0.2) is 54.7 Å². The van der Waals surface area contributed by atoms with Gasteiger partial charge in [-0.05, 0) is 42.5 Å². The second-order valence-corrected chi connectivity index (χ2v) is 5.75. The van der Waals surface area contributed by atoms with Crippen LogP contribution in [-0.2, 0) is 9.53 Å². The maximum atomic E-state index is 12.3. The first kappa shape index (κ1) is 16.6. The Morgan fingerprint density at radius 2 is 1.84 bits per heavy atom. The van der Waals surface area contributed by atoms with E-state index in [2.05, 4.69) is 10.3 Å². The maximum absolute atomic E-state index is 12.3. The summed E-state index contributed by atoms with van der Waals surface area (Å²) in [5.41, 5.74) is 2.98. The van der Waals surface area contributed by atoms with Gasteiger partial charge in [0.05, 0.1) is 0 Å². The van der Waals surface area contributed by atoms with Gasteiger partial charge in [0.1, 0.15) is 0 Å². The van der Waals surface area contributed by atoms with Gasteiger partial charge in [-0.25, -0.2) is 9.78 Å². The van der Waals surface area contributed by atoms with E-state index in [9.17, 15) is 9.59 Å². The fourth-order valence-corrected chi connectivity index (χ4v) is 2.55. The largest absolute Gasteiger partial charge is 0.451 e. The van der Waals surface area contributed by atoms with Crippen molar-refractivity contribution in [2.45, 2.75) is 13.8 Å². The lowest BCUT2D eigenvalue weighted by atomic mass is 10.1. The number of aromatic nitrogens is 1. The van der Waals surface area contributed by atoms with Crippen molar-refractivity contribution >= 4 is 28.3 Å². The number of hydrogen-bond acceptors (Lipinski definition) is 4. The third kappa shape index (κ3) is 3.66. The Hall–Kier alpha value is -3.21. The minimum atomic E-state index is -0.618. The Kier molecular flexibility index (Phi) is 4.75. The molecule has 0 atom stereocenters. The molecule has 0 aliphatic carbocycles. The summed E-state index contributed by atoms with van der Waals surface area (Å²) in [5, 5.41) is 4.35. The van der Waals surface area contributed by atoms with Crippen LogP contribution in [0.3, 0.4) is 0 Å². The molecular weight excluding hydrogens is 316 g/mol. The molecule has 126 valence electrons. The van der Waals surface area contributed by atoms with Crippen LogP contribution in [0.25, 0.3) is 10.8 Å². The van der Waals surface area contributed by atoms with Crippen LogP contribution in [0, 0.1) is 13.8 Å². The van der Waals surface area contributed by atoms with Gasteiger partial charge < -0.3 is 10.1 Å². The maximum Gasteiger partial charge on any atom is 0.358 e. The Morgan fingerprint density at radius 3 is 2.68 bits per heavy atom. The lowest BCUT2D eigenvalue weighted by molar-refractivity contribution is -0.119. The number of anilines is 1. The van der Waals surface area contributed by atoms with Crippen LogP contribution < -0.4 is 5.32 Å². The molecule has 25 heavy (non-hydrogen) atoms. The number of nitrogens with zero attached hydrogens (tertiary/aromatic N) is 1. The lowest BCUT2D eigenvalue weighted by Crippen LogP contribution is -2.22. The van der Waals surface area contributed by atoms with Gasteiger partial charge in [0.15, 0.2) is 12.3 Å². The summed E-state index contributed by atoms with van der Waals surface area (Å²) in [5.74, 6) is -1.00. The predicted octanol–water partition coefficient (Wildman–Crippen LogP) is 3.65. The van der Waals surface area contributed by atoms with E-state index in [1.165, 1.54) is 0 Å². The molecule has 0 fully saturated rings. The smallest absolute Gasteiger partial charge is 0.358 e. The van der Waals surface area contributed by atoms with Crippen LogP contribution in [-0.4, -0.2) is 23.5 Å². The fraction of sp³-hybridized carbons (Fsp3) is 0.150. The van der Waals surface area contributed by atoms with Crippen LogP contribution in [0.2, 0.25) is 0 Å². The van der Waals surface area contributed by atoms with E-state index in [-0.39, 0.29) is 18.2 Å². The van der Waals surface area contributed by atoms with Crippen LogP contribution in [0.1, 0.15) is 21.6 Å². The van der Waals surface area contributed by atoms with E-state index in [1.54, 1.807) is 12.3 Å². The standard InChI is InChI=1S/C20H18N2O3/c1-13-6-5-9-17(14(13)2)22-18(23)12-25-20(24)19-16-8-4-3-7-15(16)10-11-21-19/h3-11H,12H2,1-2H3,(H,22,23). The van der Waals surface area contributed by atoms with Crippen LogP contribution in [0.4, 0.5) is 5.69 Å². The SMILES string of the molecule is Cc1cccc(NC(=O)COC(=O)c2nccc3ccccc23)c1C. The zero-order valence-corrected chi connectivity index (χ0v) is 14.1. The molecule has 1 N–H and O–H groups in total. The second kappa shape index (κ2) is 7.13. The van der Waals surface area contributed by atoms with Crippen molar-refractivity contribution in [1.29, 1.82) is 0 Å². The Labute approximate surface area is 145 Å². The number of carbonyl (C=O) groups excluding carboxylic acids is 2. The number of hydrogen-bond donors (Lipinski definition) is 1. The highest BCUT2D eigenvalue weighted by Crippen LogP contribution is 2.19. The molecule has 1 amide bonds. The summed E-state index contributed by atoms with van der Waals surface area (Å²) in [7, 11) is 0. The van der Waals surface area contributed by atoms with Crippen LogP contribution >= 0.6 is 0 Å². The van der Waals surface area contributed by atoms with E-state index in [1.807, 2.05) is 56.3 Å². The number of carbonyl (C=O) groups is 2. The molecule has 0 spiro atoms. The molecule has 0 radical (unpaired) electrons. The Bertz CT molecular complexity index is 945. The van der Waals surface area contributed by atoms with Gasteiger partial charge >= 0.3 is 5.97 Å². The van der Waals surface area contributed by atoms with Gasteiger partial charge in [-0.1, -0.05) is 36.4 Å². The Balaban J connectivity index is 1.67. The monoisotopic (exact) mass is 334 g/mol. The number of ether oxygens (including phenoxy) is 1. The molecule has 0 aliphatic heterocycles. The molecule has 0 unspecified atom stereocenters. The lowest BCUT2D eigenvalue weighted by Gasteiger charge is -2.11. The van der Waals surface area contributed by atoms with Crippen molar-refractivity contribution in [2.75, 3.05) is 11.9 Å². The highest BCUT2D eigenvalue weighted by Gasteiger charge is 2.15. The van der Waals surface area contributed by atoms with E-state index >= 15 is 0 Å². The number of rotatable bonds is 4. The molecule has 0 saturated heterocycles. The summed E-state index contributed by atoms with van der Waals surface area (Å²) in [4.78, 5) is 28.4. The average molecular weight is 334 g/mol. The topological polar surface area (TPSA) is 68.3 Å². The summed E-state index contributed by atoms with van der Waals surface area (Å²) in [6.07, 6.45) is 1.55. The van der Waals surface area contributed by atoms with E-state index < -0.39 is 5.97 Å². The zero-order chi connectivity index (χ0) is 17.8. The minimum absolute atomic E-state index is 0.206. The molecule has 0 aliphatic rings. The van der Waals surface area contributed by atoms with E-state index in [0.717, 1.165) is 16.5 Å². The third-order valence-corrected chi connectivity index (χ3v) is 4.08. The van der Waals surface area contributed by atoms with Crippen molar-refractivity contribution < 1.29 is 14.3 Å². The van der Waals surface area contributed by atoms with E-state index in [4.69, 9.17) is 4.74 Å². The number of benzene rings is 2. The number of nitrogens with one attached hydrogen (secondary N) is 1. The van der Waals surface area contributed by atoms with Crippen molar-refractivity contribution in [3.05, 3.63) is 71.5 Å². The molecule has 3 rings (SSSR count). The summed E-state index contributed by atoms with van der Waals surface area (Å²) >= 11 is 0. The molecule has 1 aromatic heterocycles. The highest BCUT2D eigenvalue weighted by atomic mass is 16.5. The molecule has 0 bridgehead atoms. The van der Waals surface area contributed by atoms with Gasteiger partial charge in [0, 0.05) is 17.3 Å². The molecule has 2 aromatic carbocycles. The van der Waals surface area contributed by atoms with E-state index in [0.29, 0.717) is 11.1 Å². The number of fused-ring (bicyclic) bond motifs is 1. The summed E-state index contributed by atoms with van der Waals surface area (Å²) < 4.78 is 5.13. The van der Waals surface area contributed by atoms with Crippen molar-refractivity contribution in [1.82, 2.24) is 4.98 Å². The number of pyridine rings is 1. The van der Waals surface area contributed by atoms with Crippen LogP contribution in [0.5, 0.6) is 0 Å². The zero-order valence-electron chi connectivity index (χ0n) is 14.1. The van der Waals surface area contributed by atoms with Crippen molar-refractivity contribution in [3.8, 4) is 0 Å². The van der Waals surface area contributed by atoms with Gasteiger partial charge in [0.2, 0.25) is 0 Å². The molecule has 0 saturated carbocycles. The minimum Gasteiger partial charge on any atom is -0.451 e. The average Bonchev–Trinajstić information content (AvgIpc) is 2.63. The fourth-order valence-electron chi connectivity index (χ4n) is 2.55.